The van der Waals surface area contributed by atoms with Crippen LogP contribution < -0.4 is 11.1 Å². The Labute approximate surface area is 113 Å². The fourth-order valence-corrected chi connectivity index (χ4v) is 2.65. The zero-order chi connectivity index (χ0) is 13.2. The van der Waals surface area contributed by atoms with Crippen LogP contribution in [0.2, 0.25) is 0 Å². The Kier molecular flexibility index (Phi) is 3.25. The molecule has 1 aromatic heterocycles. The average Bonchev–Trinajstić information content (AvgIpc) is 3.02. The van der Waals surface area contributed by atoms with Gasteiger partial charge < -0.3 is 15.5 Å². The second-order valence-electron chi connectivity index (χ2n) is 5.00. The van der Waals surface area contributed by atoms with Crippen molar-refractivity contribution in [3.05, 3.63) is 47.2 Å². The minimum atomic E-state index is 0.382. The maximum absolute atomic E-state index is 5.81. The Morgan fingerprint density at radius 2 is 2.37 bits per heavy atom. The quantitative estimate of drug-likeness (QED) is 0.826. The number of hydrogen-bond donors (Lipinski definition) is 2. The fourth-order valence-electron chi connectivity index (χ4n) is 2.65. The monoisotopic (exact) mass is 257 g/mol. The van der Waals surface area contributed by atoms with Crippen molar-refractivity contribution >= 4 is 5.69 Å². The van der Waals surface area contributed by atoms with Crippen LogP contribution in [0.3, 0.4) is 0 Å². The lowest BCUT2D eigenvalue weighted by Gasteiger charge is -2.12. The van der Waals surface area contributed by atoms with Gasteiger partial charge in [-0.3, -0.25) is 0 Å². The molecule has 1 aliphatic rings. The number of nitrogens with one attached hydrogen (secondary N) is 1. The maximum Gasteiger partial charge on any atom is 0.208 e. The van der Waals surface area contributed by atoms with Gasteiger partial charge in [0, 0.05) is 18.2 Å². The molecule has 3 N–H and O–H groups in total. The van der Waals surface area contributed by atoms with E-state index in [1.54, 1.807) is 6.20 Å². The molecule has 1 heterocycles. The molecule has 0 radical (unpaired) electrons. The first-order valence-corrected chi connectivity index (χ1v) is 6.81. The summed E-state index contributed by atoms with van der Waals surface area (Å²) in [7, 11) is 0. The van der Waals surface area contributed by atoms with Crippen LogP contribution in [-0.2, 0) is 19.4 Å². The van der Waals surface area contributed by atoms with Crippen LogP contribution in [0.15, 0.2) is 28.8 Å². The summed E-state index contributed by atoms with van der Waals surface area (Å²) in [6.45, 7) is 2.74. The highest BCUT2D eigenvalue weighted by molar-refractivity contribution is 5.47. The molecular weight excluding hydrogens is 238 g/mol. The molecule has 0 aliphatic heterocycles. The summed E-state index contributed by atoms with van der Waals surface area (Å²) < 4.78 is 5.61. The third-order valence-corrected chi connectivity index (χ3v) is 3.69. The van der Waals surface area contributed by atoms with Gasteiger partial charge in [0.2, 0.25) is 5.89 Å². The van der Waals surface area contributed by atoms with Crippen LogP contribution >= 0.6 is 0 Å². The number of benzene rings is 1. The average molecular weight is 257 g/mol. The zero-order valence-electron chi connectivity index (χ0n) is 11.1. The van der Waals surface area contributed by atoms with Crippen LogP contribution in [-0.4, -0.2) is 4.98 Å². The Morgan fingerprint density at radius 1 is 1.47 bits per heavy atom. The second-order valence-corrected chi connectivity index (χ2v) is 5.00. The molecule has 2 aromatic rings. The number of anilines is 1. The van der Waals surface area contributed by atoms with Crippen molar-refractivity contribution in [3.63, 3.8) is 0 Å². The van der Waals surface area contributed by atoms with E-state index in [-0.39, 0.29) is 0 Å². The molecule has 1 atom stereocenters. The van der Waals surface area contributed by atoms with Crippen molar-refractivity contribution < 1.29 is 4.42 Å². The minimum absolute atomic E-state index is 0.382. The maximum atomic E-state index is 5.81. The largest absolute Gasteiger partial charge is 0.444 e. The Morgan fingerprint density at radius 3 is 3.16 bits per heavy atom. The Hall–Kier alpha value is -1.81. The highest BCUT2D eigenvalue weighted by Gasteiger charge is 2.22. The van der Waals surface area contributed by atoms with E-state index in [0.717, 1.165) is 36.6 Å². The molecule has 0 bridgehead atoms. The number of fused-ring (bicyclic) bond motifs is 1. The van der Waals surface area contributed by atoms with E-state index in [1.165, 1.54) is 11.1 Å². The van der Waals surface area contributed by atoms with Gasteiger partial charge in [-0.2, -0.15) is 0 Å². The molecule has 0 amide bonds. The van der Waals surface area contributed by atoms with Crippen LogP contribution in [0, 0.1) is 0 Å². The molecule has 100 valence electrons. The molecule has 1 aromatic carbocycles. The van der Waals surface area contributed by atoms with Crippen molar-refractivity contribution in [3.8, 4) is 0 Å². The summed E-state index contributed by atoms with van der Waals surface area (Å²) in [4.78, 5) is 4.27. The van der Waals surface area contributed by atoms with Crippen molar-refractivity contribution in [1.82, 2.24) is 10.3 Å². The number of rotatable bonds is 4. The van der Waals surface area contributed by atoms with Crippen molar-refractivity contribution in [1.29, 1.82) is 0 Å². The lowest BCUT2D eigenvalue weighted by molar-refractivity contribution is 0.416. The van der Waals surface area contributed by atoms with Gasteiger partial charge in [0.15, 0.2) is 0 Å². The molecular formula is C15H19N3O. The van der Waals surface area contributed by atoms with Gasteiger partial charge in [-0.15, -0.1) is 0 Å². The standard InChI is InChI=1S/C15H19N3O/c1-2-12-8-18-15(19-12)9-17-14-6-3-10-7-11(16)4-5-13(10)14/h4-5,7-8,14,17H,2-3,6,9,16H2,1H3. The third-order valence-electron chi connectivity index (χ3n) is 3.69. The van der Waals surface area contributed by atoms with Crippen molar-refractivity contribution in [2.24, 2.45) is 0 Å². The Bertz CT molecular complexity index is 577. The molecule has 4 heteroatoms. The number of nitrogens with two attached hydrogens (primary N) is 1. The molecule has 0 spiro atoms. The summed E-state index contributed by atoms with van der Waals surface area (Å²) in [6.07, 6.45) is 4.89. The smallest absolute Gasteiger partial charge is 0.208 e. The number of aryl methyl sites for hydroxylation is 2. The lowest BCUT2D eigenvalue weighted by Crippen LogP contribution is -2.18. The highest BCUT2D eigenvalue weighted by atomic mass is 16.4. The fraction of sp³-hybridized carbons (Fsp3) is 0.400. The molecule has 3 rings (SSSR count). The molecule has 1 unspecified atom stereocenters. The minimum Gasteiger partial charge on any atom is -0.444 e. The third kappa shape index (κ3) is 2.49. The van der Waals surface area contributed by atoms with E-state index < -0.39 is 0 Å². The number of nitrogen functional groups attached to an aromatic ring is 1. The highest BCUT2D eigenvalue weighted by Crippen LogP contribution is 2.32. The number of hydrogen-bond acceptors (Lipinski definition) is 4. The van der Waals surface area contributed by atoms with Crippen molar-refractivity contribution in [2.45, 2.75) is 38.8 Å². The van der Waals surface area contributed by atoms with E-state index in [9.17, 15) is 0 Å². The van der Waals surface area contributed by atoms with Gasteiger partial charge in [0.1, 0.15) is 5.76 Å². The van der Waals surface area contributed by atoms with E-state index in [0.29, 0.717) is 12.6 Å². The first kappa shape index (κ1) is 12.2. The molecule has 0 saturated carbocycles. The SMILES string of the molecule is CCc1cnc(CNC2CCc3cc(N)ccc32)o1. The normalized spacial score (nSPS) is 17.6. The topological polar surface area (TPSA) is 64.1 Å². The van der Waals surface area contributed by atoms with Gasteiger partial charge in [0.05, 0.1) is 12.7 Å². The van der Waals surface area contributed by atoms with E-state index in [4.69, 9.17) is 10.2 Å². The first-order chi connectivity index (χ1) is 9.26. The lowest BCUT2D eigenvalue weighted by atomic mass is 10.1. The summed E-state index contributed by atoms with van der Waals surface area (Å²) in [5, 5.41) is 3.51. The second kappa shape index (κ2) is 5.05. The predicted molar refractivity (Wildman–Crippen MR) is 74.6 cm³/mol. The van der Waals surface area contributed by atoms with E-state index in [1.807, 2.05) is 6.07 Å². The molecule has 0 saturated heterocycles. The summed E-state index contributed by atoms with van der Waals surface area (Å²) in [6, 6.07) is 6.56. The number of oxazole rings is 1. The van der Waals surface area contributed by atoms with Gasteiger partial charge in [0.25, 0.3) is 0 Å². The number of aromatic nitrogens is 1. The van der Waals surface area contributed by atoms with Crippen LogP contribution in [0.1, 0.15) is 42.2 Å². The van der Waals surface area contributed by atoms with Crippen LogP contribution in [0.5, 0.6) is 0 Å². The summed E-state index contributed by atoms with van der Waals surface area (Å²) in [5.74, 6) is 1.71. The molecule has 1 aliphatic carbocycles. The molecule has 19 heavy (non-hydrogen) atoms. The number of nitrogens with zero attached hydrogens (tertiary/aromatic N) is 1. The van der Waals surface area contributed by atoms with E-state index in [2.05, 4.69) is 29.4 Å². The van der Waals surface area contributed by atoms with Gasteiger partial charge in [-0.05, 0) is 36.1 Å². The predicted octanol–water partition coefficient (Wildman–Crippen LogP) is 2.60. The zero-order valence-corrected chi connectivity index (χ0v) is 11.1. The summed E-state index contributed by atoms with van der Waals surface area (Å²) in [5.41, 5.74) is 9.38. The van der Waals surface area contributed by atoms with Crippen LogP contribution in [0.4, 0.5) is 5.69 Å². The molecule has 4 nitrogen and oxygen atoms in total. The van der Waals surface area contributed by atoms with Gasteiger partial charge in [-0.25, -0.2) is 4.98 Å². The Balaban J connectivity index is 1.66. The molecule has 0 fully saturated rings. The van der Waals surface area contributed by atoms with Crippen LogP contribution in [0.25, 0.3) is 0 Å². The van der Waals surface area contributed by atoms with E-state index >= 15 is 0 Å². The summed E-state index contributed by atoms with van der Waals surface area (Å²) >= 11 is 0. The van der Waals surface area contributed by atoms with Crippen molar-refractivity contribution in [2.75, 3.05) is 5.73 Å². The first-order valence-electron chi connectivity index (χ1n) is 6.81. The van der Waals surface area contributed by atoms with Gasteiger partial charge >= 0.3 is 0 Å². The van der Waals surface area contributed by atoms with Gasteiger partial charge in [-0.1, -0.05) is 13.0 Å².